The van der Waals surface area contributed by atoms with Crippen molar-refractivity contribution in [1.29, 1.82) is 5.26 Å². The van der Waals surface area contributed by atoms with Crippen molar-refractivity contribution in [3.05, 3.63) is 66.1 Å². The van der Waals surface area contributed by atoms with Crippen molar-refractivity contribution in [3.63, 3.8) is 0 Å². The Bertz CT molecular complexity index is 1100. The summed E-state index contributed by atoms with van der Waals surface area (Å²) in [5.74, 6) is -0.988. The zero-order valence-corrected chi connectivity index (χ0v) is 16.6. The van der Waals surface area contributed by atoms with Crippen LogP contribution >= 0.6 is 0 Å². The van der Waals surface area contributed by atoms with Crippen molar-refractivity contribution in [2.24, 2.45) is 0 Å². The number of nitrogens with one attached hydrogen (secondary N) is 1. The van der Waals surface area contributed by atoms with E-state index in [4.69, 9.17) is 4.55 Å². The van der Waals surface area contributed by atoms with Gasteiger partial charge in [0.2, 0.25) is 0 Å². The van der Waals surface area contributed by atoms with Crippen molar-refractivity contribution in [1.82, 2.24) is 4.90 Å². The van der Waals surface area contributed by atoms with E-state index < -0.39 is 16.0 Å². The van der Waals surface area contributed by atoms with Gasteiger partial charge in [0.05, 0.1) is 4.90 Å². The topological polar surface area (TPSA) is 114 Å². The summed E-state index contributed by atoms with van der Waals surface area (Å²) in [4.78, 5) is 16.0. The first kappa shape index (κ1) is 21.3. The zero-order chi connectivity index (χ0) is 21.7. The Morgan fingerprint density at radius 1 is 1.13 bits per heavy atom. The third-order valence-corrected chi connectivity index (χ3v) is 5.42. The summed E-state index contributed by atoms with van der Waals surface area (Å²) in [7, 11) is -4.40. The van der Waals surface area contributed by atoms with Gasteiger partial charge < -0.3 is 15.1 Å². The summed E-state index contributed by atoms with van der Waals surface area (Å²) < 4.78 is 44.6. The number of benzene rings is 2. The molecule has 2 aromatic rings. The summed E-state index contributed by atoms with van der Waals surface area (Å²) in [5, 5.41) is 11.8. The summed E-state index contributed by atoms with van der Waals surface area (Å²) in [6, 6.07) is 13.2. The second kappa shape index (κ2) is 8.94. The van der Waals surface area contributed by atoms with Gasteiger partial charge in [0.15, 0.2) is 0 Å². The van der Waals surface area contributed by atoms with E-state index in [1.165, 1.54) is 36.5 Å². The maximum Gasteiger partial charge on any atom is 0.294 e. The largest absolute Gasteiger partial charge is 0.373 e. The number of rotatable bonds is 5. The first-order valence-corrected chi connectivity index (χ1v) is 10.5. The number of hydrogen-bond acceptors (Lipinski definition) is 6. The number of carbonyl (C=O) groups is 1. The van der Waals surface area contributed by atoms with E-state index >= 15 is 0 Å². The Labute approximate surface area is 173 Å². The minimum atomic E-state index is -4.40. The molecular weight excluding hydrogens is 411 g/mol. The van der Waals surface area contributed by atoms with E-state index in [0.717, 1.165) is 11.8 Å². The van der Waals surface area contributed by atoms with E-state index in [2.05, 4.69) is 10.2 Å². The molecule has 1 aliphatic rings. The van der Waals surface area contributed by atoms with Crippen molar-refractivity contribution >= 4 is 27.4 Å². The molecule has 2 aromatic carbocycles. The van der Waals surface area contributed by atoms with E-state index in [-0.39, 0.29) is 22.0 Å². The number of halogens is 1. The molecule has 10 heteroatoms. The minimum absolute atomic E-state index is 0.136. The summed E-state index contributed by atoms with van der Waals surface area (Å²) in [6.45, 7) is 2.40. The Morgan fingerprint density at radius 3 is 2.40 bits per heavy atom. The number of amides is 1. The molecule has 0 saturated carbocycles. The van der Waals surface area contributed by atoms with Gasteiger partial charge in [0.25, 0.3) is 16.0 Å². The highest BCUT2D eigenvalue weighted by molar-refractivity contribution is 7.85. The normalized spacial score (nSPS) is 14.9. The summed E-state index contributed by atoms with van der Waals surface area (Å²) in [5.41, 5.74) is 0.900. The molecule has 0 spiro atoms. The Kier molecular flexibility index (Phi) is 6.34. The Morgan fingerprint density at radius 2 is 1.80 bits per heavy atom. The van der Waals surface area contributed by atoms with E-state index in [1.54, 1.807) is 12.1 Å². The minimum Gasteiger partial charge on any atom is -0.373 e. The van der Waals surface area contributed by atoms with E-state index in [1.807, 2.05) is 11.0 Å². The quantitative estimate of drug-likeness (QED) is 0.425. The molecule has 0 aliphatic carbocycles. The highest BCUT2D eigenvalue weighted by Gasteiger charge is 2.18. The monoisotopic (exact) mass is 430 g/mol. The van der Waals surface area contributed by atoms with Gasteiger partial charge in [-0.2, -0.15) is 13.7 Å². The van der Waals surface area contributed by atoms with Crippen molar-refractivity contribution in [2.45, 2.75) is 4.90 Å². The SMILES string of the molecule is N#C/C(=C/N1CCN(c2ccc(F)cc2)CC1)C(=O)Nc1cccc(S(=O)(=O)O)c1. The molecular formula is C20H19FN4O4S. The average molecular weight is 430 g/mol. The van der Waals surface area contributed by atoms with Crippen molar-refractivity contribution in [3.8, 4) is 6.07 Å². The highest BCUT2D eigenvalue weighted by atomic mass is 32.2. The molecule has 30 heavy (non-hydrogen) atoms. The fourth-order valence-electron chi connectivity index (χ4n) is 3.01. The highest BCUT2D eigenvalue weighted by Crippen LogP contribution is 2.18. The van der Waals surface area contributed by atoms with E-state index in [9.17, 15) is 22.9 Å². The molecule has 0 radical (unpaired) electrons. The van der Waals surface area contributed by atoms with Crippen LogP contribution in [0.3, 0.4) is 0 Å². The first-order chi connectivity index (χ1) is 14.3. The molecule has 0 aromatic heterocycles. The van der Waals surface area contributed by atoms with Gasteiger partial charge in [0, 0.05) is 43.8 Å². The van der Waals surface area contributed by atoms with Gasteiger partial charge in [-0.05, 0) is 42.5 Å². The first-order valence-electron chi connectivity index (χ1n) is 9.01. The average Bonchev–Trinajstić information content (AvgIpc) is 2.72. The molecule has 0 atom stereocenters. The maximum absolute atomic E-state index is 13.1. The molecule has 156 valence electrons. The predicted octanol–water partition coefficient (Wildman–Crippen LogP) is 2.24. The Balaban J connectivity index is 1.64. The lowest BCUT2D eigenvalue weighted by atomic mass is 10.2. The molecule has 1 saturated heterocycles. The molecule has 1 aliphatic heterocycles. The van der Waals surface area contributed by atoms with Crippen LogP contribution in [0.4, 0.5) is 15.8 Å². The fourth-order valence-corrected chi connectivity index (χ4v) is 3.54. The molecule has 1 amide bonds. The van der Waals surface area contributed by atoms with Crippen LogP contribution in [0.25, 0.3) is 0 Å². The molecule has 1 heterocycles. The van der Waals surface area contributed by atoms with Gasteiger partial charge in [-0.15, -0.1) is 0 Å². The van der Waals surface area contributed by atoms with Gasteiger partial charge in [-0.1, -0.05) is 6.07 Å². The van der Waals surface area contributed by atoms with Crippen molar-refractivity contribution < 1.29 is 22.2 Å². The van der Waals surface area contributed by atoms with Crippen LogP contribution in [-0.4, -0.2) is 50.0 Å². The lowest BCUT2D eigenvalue weighted by Gasteiger charge is -2.35. The second-order valence-corrected chi connectivity index (χ2v) is 8.03. The van der Waals surface area contributed by atoms with Crippen LogP contribution < -0.4 is 10.2 Å². The number of hydrogen-bond donors (Lipinski definition) is 2. The smallest absolute Gasteiger partial charge is 0.294 e. The summed E-state index contributed by atoms with van der Waals surface area (Å²) >= 11 is 0. The number of nitriles is 1. The van der Waals surface area contributed by atoms with Gasteiger partial charge in [-0.25, -0.2) is 4.39 Å². The molecule has 8 nitrogen and oxygen atoms in total. The van der Waals surface area contributed by atoms with Gasteiger partial charge in [-0.3, -0.25) is 9.35 Å². The zero-order valence-electron chi connectivity index (χ0n) is 15.8. The number of anilines is 2. The van der Waals surface area contributed by atoms with Crippen LogP contribution in [0.1, 0.15) is 0 Å². The molecule has 0 unspecified atom stereocenters. The molecule has 3 rings (SSSR count). The van der Waals surface area contributed by atoms with Crippen LogP contribution in [0, 0.1) is 17.1 Å². The van der Waals surface area contributed by atoms with Gasteiger partial charge in [0.1, 0.15) is 17.5 Å². The number of piperazine rings is 1. The van der Waals surface area contributed by atoms with Crippen LogP contribution in [0.5, 0.6) is 0 Å². The summed E-state index contributed by atoms with van der Waals surface area (Å²) in [6.07, 6.45) is 1.46. The molecule has 0 bridgehead atoms. The van der Waals surface area contributed by atoms with E-state index in [0.29, 0.717) is 26.2 Å². The van der Waals surface area contributed by atoms with Crippen LogP contribution in [0.15, 0.2) is 65.2 Å². The predicted molar refractivity (Wildman–Crippen MR) is 109 cm³/mol. The third kappa shape index (κ3) is 5.34. The van der Waals surface area contributed by atoms with Gasteiger partial charge >= 0.3 is 0 Å². The molecule has 1 fully saturated rings. The Hall–Kier alpha value is -3.42. The van der Waals surface area contributed by atoms with Crippen LogP contribution in [-0.2, 0) is 14.9 Å². The third-order valence-electron chi connectivity index (χ3n) is 4.57. The van der Waals surface area contributed by atoms with Crippen molar-refractivity contribution in [2.75, 3.05) is 36.4 Å². The fraction of sp³-hybridized carbons (Fsp3) is 0.200. The lowest BCUT2D eigenvalue weighted by Crippen LogP contribution is -2.44. The standard InChI is InChI=1S/C20H19FN4O4S/c21-16-4-6-18(7-5-16)25-10-8-24(9-11-25)14-15(13-22)20(26)23-17-2-1-3-19(12-17)30(27,28)29/h1-7,12,14H,8-11H2,(H,23,26)(H,27,28,29)/b15-14-. The second-order valence-electron chi connectivity index (χ2n) is 6.61. The molecule has 2 N–H and O–H groups in total. The lowest BCUT2D eigenvalue weighted by molar-refractivity contribution is -0.112. The maximum atomic E-state index is 13.1. The van der Waals surface area contributed by atoms with Crippen LogP contribution in [0.2, 0.25) is 0 Å². The number of nitrogens with zero attached hydrogens (tertiary/aromatic N) is 3. The number of carbonyl (C=O) groups excluding carboxylic acids is 1.